The van der Waals surface area contributed by atoms with E-state index in [1.54, 1.807) is 0 Å². The smallest absolute Gasteiger partial charge is 0.409 e. The average molecular weight is 450 g/mol. The van der Waals surface area contributed by atoms with Gasteiger partial charge in [-0.05, 0) is 23.3 Å². The normalized spacial score (nSPS) is 22.2. The Bertz CT molecular complexity index is 946. The van der Waals surface area contributed by atoms with Gasteiger partial charge in [-0.25, -0.2) is 14.6 Å². The SMILES string of the molecule is [C-]#[N+]c1ccc(Cn2cncc2CN2CCN(C(=O)OCC3[C@H](C)CCC[C@H]3C)CC2)cc1. The Morgan fingerprint density at radius 3 is 2.45 bits per heavy atom. The minimum absolute atomic E-state index is 0.160. The van der Waals surface area contributed by atoms with Gasteiger partial charge in [-0.1, -0.05) is 57.4 Å². The summed E-state index contributed by atoms with van der Waals surface area (Å²) in [5.41, 5.74) is 2.96. The van der Waals surface area contributed by atoms with Crippen molar-refractivity contribution in [1.82, 2.24) is 19.4 Å². The van der Waals surface area contributed by atoms with E-state index in [1.165, 1.54) is 19.3 Å². The summed E-state index contributed by atoms with van der Waals surface area (Å²) in [6.07, 6.45) is 7.40. The highest BCUT2D eigenvalue weighted by Crippen LogP contribution is 2.34. The van der Waals surface area contributed by atoms with Gasteiger partial charge in [0.2, 0.25) is 0 Å². The molecule has 4 rings (SSSR count). The molecule has 33 heavy (non-hydrogen) atoms. The van der Waals surface area contributed by atoms with Crippen molar-refractivity contribution in [1.29, 1.82) is 0 Å². The van der Waals surface area contributed by atoms with Gasteiger partial charge in [-0.2, -0.15) is 0 Å². The van der Waals surface area contributed by atoms with Crippen molar-refractivity contribution in [2.24, 2.45) is 17.8 Å². The van der Waals surface area contributed by atoms with Crippen molar-refractivity contribution < 1.29 is 9.53 Å². The van der Waals surface area contributed by atoms with E-state index in [2.05, 4.69) is 33.1 Å². The molecule has 1 aromatic carbocycles. The molecule has 7 heteroatoms. The van der Waals surface area contributed by atoms with Crippen LogP contribution in [0.2, 0.25) is 0 Å². The molecule has 0 unspecified atom stereocenters. The third-order valence-electron chi connectivity index (χ3n) is 7.41. The average Bonchev–Trinajstić information content (AvgIpc) is 3.26. The first kappa shape index (κ1) is 23.3. The minimum Gasteiger partial charge on any atom is -0.449 e. The van der Waals surface area contributed by atoms with Crippen molar-refractivity contribution in [2.45, 2.75) is 46.2 Å². The van der Waals surface area contributed by atoms with Gasteiger partial charge in [0.25, 0.3) is 0 Å². The van der Waals surface area contributed by atoms with Crippen LogP contribution in [0.15, 0.2) is 36.8 Å². The molecule has 2 fully saturated rings. The number of amides is 1. The largest absolute Gasteiger partial charge is 0.449 e. The summed E-state index contributed by atoms with van der Waals surface area (Å²) in [7, 11) is 0. The van der Waals surface area contributed by atoms with Crippen molar-refractivity contribution in [3.63, 3.8) is 0 Å². The summed E-state index contributed by atoms with van der Waals surface area (Å²) in [4.78, 5) is 24.6. The molecule has 0 N–H and O–H groups in total. The van der Waals surface area contributed by atoms with Gasteiger partial charge in [0.05, 0.1) is 25.2 Å². The van der Waals surface area contributed by atoms with Crippen LogP contribution >= 0.6 is 0 Å². The van der Waals surface area contributed by atoms with E-state index in [-0.39, 0.29) is 6.09 Å². The van der Waals surface area contributed by atoms with Gasteiger partial charge >= 0.3 is 6.09 Å². The van der Waals surface area contributed by atoms with E-state index in [1.807, 2.05) is 41.7 Å². The molecule has 2 aliphatic rings. The quantitative estimate of drug-likeness (QED) is 0.594. The maximum Gasteiger partial charge on any atom is 0.409 e. The summed E-state index contributed by atoms with van der Waals surface area (Å²) in [6, 6.07) is 7.70. The first-order valence-electron chi connectivity index (χ1n) is 12.1. The Morgan fingerprint density at radius 1 is 1.09 bits per heavy atom. The second-order valence-electron chi connectivity index (χ2n) is 9.68. The van der Waals surface area contributed by atoms with Crippen LogP contribution in [0.25, 0.3) is 4.85 Å². The summed E-state index contributed by atoms with van der Waals surface area (Å²) in [6.45, 7) is 16.8. The lowest BCUT2D eigenvalue weighted by Crippen LogP contribution is -2.49. The number of nitrogens with zero attached hydrogens (tertiary/aromatic N) is 5. The van der Waals surface area contributed by atoms with Gasteiger partial charge < -0.3 is 14.2 Å². The summed E-state index contributed by atoms with van der Waals surface area (Å²) in [5.74, 6) is 1.75. The summed E-state index contributed by atoms with van der Waals surface area (Å²) in [5, 5.41) is 0. The van der Waals surface area contributed by atoms with Crippen LogP contribution in [0.1, 0.15) is 44.4 Å². The Hall–Kier alpha value is -2.85. The molecular formula is C26H35N5O2. The molecule has 1 aromatic heterocycles. The van der Waals surface area contributed by atoms with E-state index >= 15 is 0 Å². The molecule has 1 aliphatic heterocycles. The highest BCUT2D eigenvalue weighted by atomic mass is 16.6. The number of carbonyl (C=O) groups is 1. The number of piperazine rings is 1. The summed E-state index contributed by atoms with van der Waals surface area (Å²) < 4.78 is 7.89. The van der Waals surface area contributed by atoms with Crippen LogP contribution < -0.4 is 0 Å². The highest BCUT2D eigenvalue weighted by molar-refractivity contribution is 5.67. The van der Waals surface area contributed by atoms with E-state index in [0.717, 1.165) is 37.4 Å². The lowest BCUT2D eigenvalue weighted by Gasteiger charge is -2.36. The number of ether oxygens (including phenoxy) is 1. The lowest BCUT2D eigenvalue weighted by atomic mass is 9.74. The maximum atomic E-state index is 12.6. The van der Waals surface area contributed by atoms with Gasteiger partial charge in [-0.15, -0.1) is 0 Å². The predicted molar refractivity (Wildman–Crippen MR) is 128 cm³/mol. The lowest BCUT2D eigenvalue weighted by molar-refractivity contribution is 0.0370. The van der Waals surface area contributed by atoms with Crippen LogP contribution in [0.4, 0.5) is 10.5 Å². The van der Waals surface area contributed by atoms with E-state index in [0.29, 0.717) is 43.1 Å². The fraction of sp³-hybridized carbons (Fsp3) is 0.577. The molecular weight excluding hydrogens is 414 g/mol. The third-order valence-corrected chi connectivity index (χ3v) is 7.41. The van der Waals surface area contributed by atoms with Crippen LogP contribution in [0.5, 0.6) is 0 Å². The molecule has 1 amide bonds. The highest BCUT2D eigenvalue weighted by Gasteiger charge is 2.30. The van der Waals surface area contributed by atoms with E-state index in [9.17, 15) is 4.79 Å². The zero-order valence-electron chi connectivity index (χ0n) is 19.8. The van der Waals surface area contributed by atoms with Gasteiger partial charge in [0, 0.05) is 45.5 Å². The number of imidazole rings is 1. The van der Waals surface area contributed by atoms with Crippen LogP contribution in [0, 0.1) is 24.3 Å². The van der Waals surface area contributed by atoms with Crippen molar-refractivity contribution in [2.75, 3.05) is 32.8 Å². The molecule has 176 valence electrons. The maximum absolute atomic E-state index is 12.6. The molecule has 2 atom stereocenters. The fourth-order valence-electron chi connectivity index (χ4n) is 5.15. The Morgan fingerprint density at radius 2 is 1.79 bits per heavy atom. The molecule has 0 bridgehead atoms. The molecule has 1 saturated carbocycles. The molecule has 0 spiro atoms. The monoisotopic (exact) mass is 449 g/mol. The van der Waals surface area contributed by atoms with Crippen molar-refractivity contribution in [3.8, 4) is 0 Å². The fourth-order valence-corrected chi connectivity index (χ4v) is 5.15. The number of hydrogen-bond acceptors (Lipinski definition) is 4. The zero-order chi connectivity index (χ0) is 23.2. The Labute approximate surface area is 197 Å². The number of hydrogen-bond donors (Lipinski definition) is 0. The Kier molecular flexibility index (Phi) is 7.66. The summed E-state index contributed by atoms with van der Waals surface area (Å²) >= 11 is 0. The topological polar surface area (TPSA) is 55.0 Å². The van der Waals surface area contributed by atoms with Gasteiger partial charge in [0.15, 0.2) is 5.69 Å². The Balaban J connectivity index is 1.24. The van der Waals surface area contributed by atoms with Crippen molar-refractivity contribution >= 4 is 11.8 Å². The third kappa shape index (κ3) is 5.94. The first-order chi connectivity index (χ1) is 16.0. The van der Waals surface area contributed by atoms with Gasteiger partial charge in [-0.3, -0.25) is 4.90 Å². The van der Waals surface area contributed by atoms with Crippen LogP contribution in [-0.2, 0) is 17.8 Å². The first-order valence-corrected chi connectivity index (χ1v) is 12.1. The number of rotatable bonds is 6. The minimum atomic E-state index is -0.160. The second-order valence-corrected chi connectivity index (χ2v) is 9.68. The molecule has 2 aromatic rings. The molecule has 1 saturated heterocycles. The predicted octanol–water partition coefficient (Wildman–Crippen LogP) is 4.81. The molecule has 2 heterocycles. The number of benzene rings is 1. The van der Waals surface area contributed by atoms with Crippen LogP contribution in [-0.4, -0.2) is 58.2 Å². The zero-order valence-corrected chi connectivity index (χ0v) is 19.8. The van der Waals surface area contributed by atoms with E-state index in [4.69, 9.17) is 11.3 Å². The second kappa shape index (κ2) is 10.8. The molecule has 7 nitrogen and oxygen atoms in total. The number of aromatic nitrogens is 2. The van der Waals surface area contributed by atoms with E-state index < -0.39 is 0 Å². The number of carbonyl (C=O) groups excluding carboxylic acids is 1. The van der Waals surface area contributed by atoms with Crippen molar-refractivity contribution in [3.05, 3.63) is 59.5 Å². The van der Waals surface area contributed by atoms with Gasteiger partial charge in [0.1, 0.15) is 0 Å². The molecule has 1 aliphatic carbocycles. The van der Waals surface area contributed by atoms with Crippen LogP contribution in [0.3, 0.4) is 0 Å². The standard InChI is InChI=1S/C26H35N5O2/c1-20-5-4-6-21(2)25(20)18-33-26(32)30-13-11-29(12-14-30)17-24-15-28-19-31(24)16-22-7-9-23(27-3)10-8-22/h7-10,15,19-21,25H,4-6,11-14,16-18H2,1-2H3/t20-,21-/m1/s1. The molecule has 0 radical (unpaired) electrons.